The maximum atomic E-state index is 12.2. The Kier molecular flexibility index (Phi) is 4.14. The smallest absolute Gasteiger partial charge is 0.340 e. The lowest BCUT2D eigenvalue weighted by Gasteiger charge is -2.09. The summed E-state index contributed by atoms with van der Waals surface area (Å²) in [6.07, 6.45) is 1.39. The predicted molar refractivity (Wildman–Crippen MR) is 91.9 cm³/mol. The first kappa shape index (κ1) is 16.5. The molecule has 128 valence electrons. The molecule has 25 heavy (non-hydrogen) atoms. The maximum Gasteiger partial charge on any atom is 0.340 e. The molecule has 3 N–H and O–H groups in total. The van der Waals surface area contributed by atoms with Gasteiger partial charge in [-0.2, -0.15) is 0 Å². The van der Waals surface area contributed by atoms with Crippen molar-refractivity contribution in [3.05, 3.63) is 57.6 Å². The van der Waals surface area contributed by atoms with Gasteiger partial charge in [0, 0.05) is 11.6 Å². The average molecular weight is 340 g/mol. The summed E-state index contributed by atoms with van der Waals surface area (Å²) in [6, 6.07) is 6.34. The largest absolute Gasteiger partial charge is 0.504 e. The fourth-order valence-electron chi connectivity index (χ4n) is 2.59. The first-order valence-corrected chi connectivity index (χ1v) is 7.56. The van der Waals surface area contributed by atoms with Crippen LogP contribution in [0, 0.1) is 13.8 Å². The van der Waals surface area contributed by atoms with E-state index < -0.39 is 17.3 Å². The third kappa shape index (κ3) is 3.16. The van der Waals surface area contributed by atoms with E-state index in [1.54, 1.807) is 25.3 Å². The van der Waals surface area contributed by atoms with Crippen molar-refractivity contribution in [2.45, 2.75) is 20.3 Å². The summed E-state index contributed by atoms with van der Waals surface area (Å²) in [6.45, 7) is 3.53. The number of carbonyl (C=O) groups excluding carboxylic acids is 1. The molecule has 1 aromatic carbocycles. The van der Waals surface area contributed by atoms with E-state index in [1.165, 1.54) is 12.1 Å². The van der Waals surface area contributed by atoms with Gasteiger partial charge in [-0.1, -0.05) is 0 Å². The van der Waals surface area contributed by atoms with Crippen LogP contribution in [-0.2, 0) is 11.2 Å². The van der Waals surface area contributed by atoms with E-state index in [1.807, 2.05) is 6.92 Å². The number of aromatic nitrogens is 1. The number of nitrogens with one attached hydrogen (secondary N) is 1. The molecule has 0 aliphatic rings. The maximum absolute atomic E-state index is 12.2. The van der Waals surface area contributed by atoms with Crippen LogP contribution in [0.25, 0.3) is 11.0 Å². The van der Waals surface area contributed by atoms with Crippen molar-refractivity contribution < 1.29 is 19.4 Å². The molecule has 3 rings (SSSR count). The van der Waals surface area contributed by atoms with Crippen LogP contribution in [0.4, 0.5) is 5.82 Å². The zero-order valence-electron chi connectivity index (χ0n) is 13.7. The third-order valence-corrected chi connectivity index (χ3v) is 3.93. The second-order valence-electron chi connectivity index (χ2n) is 5.75. The lowest BCUT2D eigenvalue weighted by molar-refractivity contribution is -0.115. The van der Waals surface area contributed by atoms with Crippen LogP contribution in [0.2, 0.25) is 0 Å². The molecule has 0 unspecified atom stereocenters. The standard InChI is InChI=1S/C18H16N2O5/c1-9-5-6-19-14(7-9)20-15(22)8-12-10(2)11-3-4-13(21)16(23)17(11)25-18(12)24/h3-7,21,23H,8H2,1-2H3,(H,19,20,22). The summed E-state index contributed by atoms with van der Waals surface area (Å²) < 4.78 is 5.09. The summed E-state index contributed by atoms with van der Waals surface area (Å²) >= 11 is 0. The van der Waals surface area contributed by atoms with E-state index in [0.29, 0.717) is 16.8 Å². The molecule has 0 spiro atoms. The minimum atomic E-state index is -0.738. The van der Waals surface area contributed by atoms with Gasteiger partial charge in [-0.15, -0.1) is 0 Å². The molecule has 0 saturated heterocycles. The summed E-state index contributed by atoms with van der Waals surface area (Å²) in [7, 11) is 0. The topological polar surface area (TPSA) is 113 Å². The van der Waals surface area contributed by atoms with Crippen molar-refractivity contribution in [1.82, 2.24) is 4.98 Å². The lowest BCUT2D eigenvalue weighted by Crippen LogP contribution is -2.21. The van der Waals surface area contributed by atoms with E-state index >= 15 is 0 Å². The summed E-state index contributed by atoms with van der Waals surface area (Å²) in [5, 5.41) is 22.4. The van der Waals surface area contributed by atoms with Gasteiger partial charge < -0.3 is 19.9 Å². The normalized spacial score (nSPS) is 10.8. The van der Waals surface area contributed by atoms with Crippen molar-refractivity contribution in [2.75, 3.05) is 5.32 Å². The number of anilines is 1. The van der Waals surface area contributed by atoms with Crippen molar-refractivity contribution in [2.24, 2.45) is 0 Å². The van der Waals surface area contributed by atoms with Crippen molar-refractivity contribution in [1.29, 1.82) is 0 Å². The molecule has 7 heteroatoms. The highest BCUT2D eigenvalue weighted by Crippen LogP contribution is 2.34. The number of nitrogens with zero attached hydrogens (tertiary/aromatic N) is 1. The van der Waals surface area contributed by atoms with Crippen LogP contribution in [0.5, 0.6) is 11.5 Å². The van der Waals surface area contributed by atoms with Crippen LogP contribution < -0.4 is 10.9 Å². The van der Waals surface area contributed by atoms with Gasteiger partial charge in [0.05, 0.1) is 12.0 Å². The number of fused-ring (bicyclic) bond motifs is 1. The van der Waals surface area contributed by atoms with Crippen LogP contribution in [0.3, 0.4) is 0 Å². The molecule has 3 aromatic rings. The molecule has 1 amide bonds. The first-order valence-electron chi connectivity index (χ1n) is 7.56. The van der Waals surface area contributed by atoms with E-state index in [4.69, 9.17) is 4.42 Å². The Bertz CT molecular complexity index is 1040. The molecule has 0 saturated carbocycles. The molecular formula is C18H16N2O5. The highest BCUT2D eigenvalue weighted by molar-refractivity contribution is 5.93. The summed E-state index contributed by atoms with van der Waals surface area (Å²) in [4.78, 5) is 28.5. The van der Waals surface area contributed by atoms with E-state index in [2.05, 4.69) is 10.3 Å². The highest BCUT2D eigenvalue weighted by atomic mass is 16.4. The zero-order chi connectivity index (χ0) is 18.1. The fraction of sp³-hybridized carbons (Fsp3) is 0.167. The van der Waals surface area contributed by atoms with Crippen LogP contribution in [0.1, 0.15) is 16.7 Å². The second kappa shape index (κ2) is 6.27. The van der Waals surface area contributed by atoms with Gasteiger partial charge in [0.25, 0.3) is 0 Å². The molecule has 0 atom stereocenters. The first-order chi connectivity index (χ1) is 11.9. The van der Waals surface area contributed by atoms with Gasteiger partial charge in [-0.3, -0.25) is 4.79 Å². The van der Waals surface area contributed by atoms with Gasteiger partial charge in [-0.05, 0) is 49.2 Å². The molecule has 0 aliphatic heterocycles. The van der Waals surface area contributed by atoms with Crippen molar-refractivity contribution in [3.8, 4) is 11.5 Å². The van der Waals surface area contributed by atoms with Crippen LogP contribution >= 0.6 is 0 Å². The van der Waals surface area contributed by atoms with Gasteiger partial charge in [-0.25, -0.2) is 9.78 Å². The monoisotopic (exact) mass is 340 g/mol. The number of rotatable bonds is 3. The average Bonchev–Trinajstić information content (AvgIpc) is 2.55. The Labute approximate surface area is 142 Å². The third-order valence-electron chi connectivity index (χ3n) is 3.93. The minimum absolute atomic E-state index is 0.105. The Hall–Kier alpha value is -3.35. The molecule has 0 bridgehead atoms. The number of aryl methyl sites for hydroxylation is 2. The molecule has 2 aromatic heterocycles. The highest BCUT2D eigenvalue weighted by Gasteiger charge is 2.18. The molecule has 0 fully saturated rings. The number of phenols is 2. The quantitative estimate of drug-likeness (QED) is 0.498. The SMILES string of the molecule is Cc1ccnc(NC(=O)Cc2c(C)c3ccc(O)c(O)c3oc2=O)c1. The van der Waals surface area contributed by atoms with Gasteiger partial charge in [0.1, 0.15) is 5.82 Å². The second-order valence-corrected chi connectivity index (χ2v) is 5.75. The zero-order valence-corrected chi connectivity index (χ0v) is 13.7. The molecule has 2 heterocycles. The van der Waals surface area contributed by atoms with Crippen LogP contribution in [0.15, 0.2) is 39.7 Å². The number of carbonyl (C=O) groups is 1. The Morgan fingerprint density at radius 2 is 2.00 bits per heavy atom. The van der Waals surface area contributed by atoms with E-state index in [0.717, 1.165) is 5.56 Å². The Morgan fingerprint density at radius 3 is 2.72 bits per heavy atom. The summed E-state index contributed by atoms with van der Waals surface area (Å²) in [5.74, 6) is -0.894. The molecule has 0 aliphatic carbocycles. The molecule has 7 nitrogen and oxygen atoms in total. The Morgan fingerprint density at radius 1 is 1.24 bits per heavy atom. The number of hydrogen-bond donors (Lipinski definition) is 3. The van der Waals surface area contributed by atoms with Crippen molar-refractivity contribution in [3.63, 3.8) is 0 Å². The van der Waals surface area contributed by atoms with Gasteiger partial charge >= 0.3 is 5.63 Å². The van der Waals surface area contributed by atoms with Gasteiger partial charge in [0.15, 0.2) is 11.3 Å². The number of benzene rings is 1. The van der Waals surface area contributed by atoms with E-state index in [9.17, 15) is 19.8 Å². The number of hydrogen-bond acceptors (Lipinski definition) is 6. The number of pyridine rings is 1. The predicted octanol–water partition coefficient (Wildman–Crippen LogP) is 2.40. The van der Waals surface area contributed by atoms with Gasteiger partial charge in [0.2, 0.25) is 11.7 Å². The van der Waals surface area contributed by atoms with Crippen LogP contribution in [-0.4, -0.2) is 21.1 Å². The number of phenolic OH excluding ortho intramolecular Hbond substituents is 2. The fourth-order valence-corrected chi connectivity index (χ4v) is 2.59. The number of aromatic hydroxyl groups is 2. The molecule has 0 radical (unpaired) electrons. The summed E-state index contributed by atoms with van der Waals surface area (Å²) in [5.41, 5.74) is 0.795. The lowest BCUT2D eigenvalue weighted by atomic mass is 10.0. The van der Waals surface area contributed by atoms with E-state index in [-0.39, 0.29) is 23.3 Å². The minimum Gasteiger partial charge on any atom is -0.504 e. The van der Waals surface area contributed by atoms with Crippen molar-refractivity contribution >= 4 is 22.7 Å². The Balaban J connectivity index is 1.95. The molecular weight excluding hydrogens is 324 g/mol. The number of amides is 1.